The second-order valence-corrected chi connectivity index (χ2v) is 3.68. The second-order valence-electron chi connectivity index (χ2n) is 3.68. The molecule has 0 aromatic heterocycles. The predicted octanol–water partition coefficient (Wildman–Crippen LogP) is 2.91. The molecule has 72 valence electrons. The van der Waals surface area contributed by atoms with Crippen LogP contribution in [-0.4, -0.2) is 24.0 Å². The van der Waals surface area contributed by atoms with Crippen LogP contribution in [0.25, 0.3) is 0 Å². The fraction of sp³-hybridized carbons (Fsp3) is 1.00. The van der Waals surface area contributed by atoms with Gasteiger partial charge in [0.05, 0.1) is 0 Å². The summed E-state index contributed by atoms with van der Waals surface area (Å²) in [5.74, 6) is 1.10. The highest BCUT2D eigenvalue weighted by atomic mass is 15.2. The highest BCUT2D eigenvalue weighted by Gasteiger charge is 2.36. The van der Waals surface area contributed by atoms with Crippen molar-refractivity contribution in [2.75, 3.05) is 13.1 Å². The minimum absolute atomic E-state index is 0.991. The van der Waals surface area contributed by atoms with Crippen molar-refractivity contribution in [1.82, 2.24) is 4.90 Å². The van der Waals surface area contributed by atoms with Crippen LogP contribution in [0, 0.1) is 5.92 Å². The molecule has 0 aromatic rings. The fourth-order valence-electron chi connectivity index (χ4n) is 2.26. The van der Waals surface area contributed by atoms with Gasteiger partial charge in [-0.05, 0) is 44.7 Å². The molecule has 2 aliphatic rings. The third-order valence-electron chi connectivity index (χ3n) is 2.99. The quantitative estimate of drug-likeness (QED) is 0.614. The molecule has 1 unspecified atom stereocenters. The summed E-state index contributed by atoms with van der Waals surface area (Å²) in [4.78, 5) is 2.66. The molecule has 1 aliphatic heterocycles. The average Bonchev–Trinajstić information content (AvgIpc) is 2.88. The first-order valence-corrected chi connectivity index (χ1v) is 5.66. The molecule has 1 atom stereocenters. The zero-order valence-corrected chi connectivity index (χ0v) is 8.84. The van der Waals surface area contributed by atoms with Crippen LogP contribution in [0.1, 0.15) is 46.5 Å². The summed E-state index contributed by atoms with van der Waals surface area (Å²) in [6.45, 7) is 8.94. The van der Waals surface area contributed by atoms with E-state index in [2.05, 4.69) is 11.8 Å². The summed E-state index contributed by atoms with van der Waals surface area (Å²) < 4.78 is 0. The SMILES string of the molecule is CC.CCN1CCCC1C1CC1. The van der Waals surface area contributed by atoms with Crippen molar-refractivity contribution >= 4 is 0 Å². The van der Waals surface area contributed by atoms with Gasteiger partial charge in [-0.2, -0.15) is 0 Å². The Hall–Kier alpha value is -0.0400. The molecule has 0 amide bonds. The van der Waals surface area contributed by atoms with Gasteiger partial charge in [0, 0.05) is 6.04 Å². The standard InChI is InChI=1S/C9H17N.C2H6/c1-2-10-7-3-4-9(10)8-5-6-8;1-2/h8-9H,2-7H2,1H3;1-2H3. The van der Waals surface area contributed by atoms with Crippen molar-refractivity contribution in [1.29, 1.82) is 0 Å². The third-order valence-corrected chi connectivity index (χ3v) is 2.99. The van der Waals surface area contributed by atoms with Gasteiger partial charge in [-0.15, -0.1) is 0 Å². The smallest absolute Gasteiger partial charge is 0.0124 e. The van der Waals surface area contributed by atoms with Crippen molar-refractivity contribution < 1.29 is 0 Å². The normalized spacial score (nSPS) is 29.8. The molecule has 1 nitrogen and oxygen atoms in total. The summed E-state index contributed by atoms with van der Waals surface area (Å²) in [5, 5.41) is 0. The van der Waals surface area contributed by atoms with Crippen molar-refractivity contribution in [3.05, 3.63) is 0 Å². The van der Waals surface area contributed by atoms with E-state index in [-0.39, 0.29) is 0 Å². The van der Waals surface area contributed by atoms with Gasteiger partial charge < -0.3 is 4.90 Å². The summed E-state index contributed by atoms with van der Waals surface area (Å²) >= 11 is 0. The molecule has 0 spiro atoms. The van der Waals surface area contributed by atoms with E-state index in [0.717, 1.165) is 12.0 Å². The fourth-order valence-corrected chi connectivity index (χ4v) is 2.26. The van der Waals surface area contributed by atoms with Crippen LogP contribution in [0.5, 0.6) is 0 Å². The minimum atomic E-state index is 0.991. The molecule has 0 radical (unpaired) electrons. The molecule has 1 saturated carbocycles. The monoisotopic (exact) mass is 169 g/mol. The van der Waals surface area contributed by atoms with Crippen LogP contribution in [0.15, 0.2) is 0 Å². The van der Waals surface area contributed by atoms with Crippen LogP contribution in [0.4, 0.5) is 0 Å². The highest BCUT2D eigenvalue weighted by Crippen LogP contribution is 2.39. The van der Waals surface area contributed by atoms with Crippen LogP contribution in [0.2, 0.25) is 0 Å². The first kappa shape index (κ1) is 10.0. The molecule has 12 heavy (non-hydrogen) atoms. The molecule has 0 aromatic carbocycles. The zero-order chi connectivity index (χ0) is 8.97. The maximum absolute atomic E-state index is 2.66. The Bertz CT molecular complexity index is 118. The number of likely N-dealkylation sites (tertiary alicyclic amines) is 1. The van der Waals surface area contributed by atoms with E-state index in [9.17, 15) is 0 Å². The molecule has 1 saturated heterocycles. The molecule has 1 heteroatoms. The highest BCUT2D eigenvalue weighted by molar-refractivity contribution is 4.91. The van der Waals surface area contributed by atoms with Crippen LogP contribution in [-0.2, 0) is 0 Å². The van der Waals surface area contributed by atoms with E-state index in [1.54, 1.807) is 0 Å². The Balaban J connectivity index is 0.000000336. The van der Waals surface area contributed by atoms with E-state index in [1.807, 2.05) is 13.8 Å². The lowest BCUT2D eigenvalue weighted by atomic mass is 10.1. The Morgan fingerprint density at radius 1 is 1.17 bits per heavy atom. The molecule has 2 fully saturated rings. The number of nitrogens with zero attached hydrogens (tertiary/aromatic N) is 1. The lowest BCUT2D eigenvalue weighted by molar-refractivity contribution is 0.244. The number of rotatable bonds is 2. The first-order valence-electron chi connectivity index (χ1n) is 5.66. The van der Waals surface area contributed by atoms with Crippen molar-refractivity contribution in [2.45, 2.75) is 52.5 Å². The van der Waals surface area contributed by atoms with Gasteiger partial charge in [0.25, 0.3) is 0 Å². The molecule has 0 N–H and O–H groups in total. The third kappa shape index (κ3) is 2.22. The lowest BCUT2D eigenvalue weighted by Gasteiger charge is -2.21. The van der Waals surface area contributed by atoms with Gasteiger partial charge in [0.1, 0.15) is 0 Å². The molecule has 2 rings (SSSR count). The minimum Gasteiger partial charge on any atom is -0.300 e. The zero-order valence-electron chi connectivity index (χ0n) is 8.84. The Morgan fingerprint density at radius 3 is 2.33 bits per heavy atom. The maximum Gasteiger partial charge on any atom is 0.0124 e. The van der Waals surface area contributed by atoms with Gasteiger partial charge in [-0.1, -0.05) is 20.8 Å². The average molecular weight is 169 g/mol. The van der Waals surface area contributed by atoms with Crippen molar-refractivity contribution in [3.8, 4) is 0 Å². The Morgan fingerprint density at radius 2 is 1.83 bits per heavy atom. The topological polar surface area (TPSA) is 3.24 Å². The van der Waals surface area contributed by atoms with E-state index in [4.69, 9.17) is 0 Å². The second kappa shape index (κ2) is 4.86. The van der Waals surface area contributed by atoms with E-state index in [1.165, 1.54) is 38.8 Å². The molecule has 1 heterocycles. The van der Waals surface area contributed by atoms with Gasteiger partial charge >= 0.3 is 0 Å². The predicted molar refractivity (Wildman–Crippen MR) is 54.3 cm³/mol. The van der Waals surface area contributed by atoms with Crippen molar-refractivity contribution in [2.24, 2.45) is 5.92 Å². The maximum atomic E-state index is 2.66. The Labute approximate surface area is 77.1 Å². The van der Waals surface area contributed by atoms with Gasteiger partial charge in [0.15, 0.2) is 0 Å². The Kier molecular flexibility index (Phi) is 4.07. The van der Waals surface area contributed by atoms with E-state index >= 15 is 0 Å². The van der Waals surface area contributed by atoms with E-state index in [0.29, 0.717) is 0 Å². The molecular formula is C11H23N. The summed E-state index contributed by atoms with van der Waals surface area (Å²) in [7, 11) is 0. The van der Waals surface area contributed by atoms with Gasteiger partial charge in [-0.3, -0.25) is 0 Å². The summed E-state index contributed by atoms with van der Waals surface area (Å²) in [6, 6.07) is 0.991. The van der Waals surface area contributed by atoms with Gasteiger partial charge in [0.2, 0.25) is 0 Å². The van der Waals surface area contributed by atoms with E-state index < -0.39 is 0 Å². The largest absolute Gasteiger partial charge is 0.300 e. The van der Waals surface area contributed by atoms with Crippen LogP contribution >= 0.6 is 0 Å². The number of hydrogen-bond acceptors (Lipinski definition) is 1. The molecule has 1 aliphatic carbocycles. The summed E-state index contributed by atoms with van der Waals surface area (Å²) in [5.41, 5.74) is 0. The lowest BCUT2D eigenvalue weighted by Crippen LogP contribution is -2.30. The van der Waals surface area contributed by atoms with Crippen molar-refractivity contribution in [3.63, 3.8) is 0 Å². The number of hydrogen-bond donors (Lipinski definition) is 0. The van der Waals surface area contributed by atoms with Crippen LogP contribution in [0.3, 0.4) is 0 Å². The van der Waals surface area contributed by atoms with Gasteiger partial charge in [-0.25, -0.2) is 0 Å². The summed E-state index contributed by atoms with van der Waals surface area (Å²) in [6.07, 6.45) is 5.97. The first-order chi connectivity index (χ1) is 5.92. The molecule has 0 bridgehead atoms. The van der Waals surface area contributed by atoms with Crippen LogP contribution < -0.4 is 0 Å². The molecular weight excluding hydrogens is 146 g/mol.